The van der Waals surface area contributed by atoms with E-state index in [4.69, 9.17) is 9.47 Å². The Hall–Kier alpha value is -2.29. The van der Waals surface area contributed by atoms with Gasteiger partial charge in [-0.15, -0.1) is 0 Å². The largest absolute Gasteiger partial charge is 0.497 e. The van der Waals surface area contributed by atoms with E-state index in [9.17, 15) is 4.79 Å². The molecule has 0 aliphatic heterocycles. The summed E-state index contributed by atoms with van der Waals surface area (Å²) in [5, 5.41) is 0. The summed E-state index contributed by atoms with van der Waals surface area (Å²) in [5.74, 6) is 2.54. The van der Waals surface area contributed by atoms with Crippen LogP contribution in [0.25, 0.3) is 0 Å². The van der Waals surface area contributed by atoms with E-state index in [2.05, 4.69) is 19.1 Å². The predicted molar refractivity (Wildman–Crippen MR) is 113 cm³/mol. The topological polar surface area (TPSA) is 35.5 Å². The van der Waals surface area contributed by atoms with Crippen molar-refractivity contribution in [1.82, 2.24) is 0 Å². The van der Waals surface area contributed by atoms with Crippen LogP contribution in [0.2, 0.25) is 0 Å². The van der Waals surface area contributed by atoms with Gasteiger partial charge < -0.3 is 9.47 Å². The van der Waals surface area contributed by atoms with E-state index in [-0.39, 0.29) is 5.97 Å². The maximum Gasteiger partial charge on any atom is 0.343 e. The van der Waals surface area contributed by atoms with Crippen molar-refractivity contribution in [3.05, 3.63) is 59.7 Å². The molecule has 150 valence electrons. The normalized spacial score (nSPS) is 19.2. The smallest absolute Gasteiger partial charge is 0.343 e. The highest BCUT2D eigenvalue weighted by atomic mass is 16.5. The summed E-state index contributed by atoms with van der Waals surface area (Å²) in [6, 6.07) is 15.0. The third-order valence-corrected chi connectivity index (χ3v) is 5.95. The zero-order chi connectivity index (χ0) is 19.8. The van der Waals surface area contributed by atoms with Crippen LogP contribution in [0, 0.1) is 5.92 Å². The Kier molecular flexibility index (Phi) is 7.53. The summed E-state index contributed by atoms with van der Waals surface area (Å²) in [7, 11) is 1.60. The van der Waals surface area contributed by atoms with E-state index in [1.54, 1.807) is 31.4 Å². The molecule has 0 bridgehead atoms. The molecule has 0 saturated heterocycles. The highest BCUT2D eigenvalue weighted by molar-refractivity contribution is 5.91. The predicted octanol–water partition coefficient (Wildman–Crippen LogP) is 6.77. The van der Waals surface area contributed by atoms with Gasteiger partial charge in [-0.05, 0) is 79.5 Å². The number of rotatable bonds is 8. The highest BCUT2D eigenvalue weighted by Crippen LogP contribution is 2.38. The van der Waals surface area contributed by atoms with Crippen LogP contribution >= 0.6 is 0 Å². The van der Waals surface area contributed by atoms with Crippen LogP contribution in [0.4, 0.5) is 0 Å². The molecule has 0 atom stereocenters. The molecule has 1 saturated carbocycles. The third-order valence-electron chi connectivity index (χ3n) is 5.95. The fourth-order valence-electron chi connectivity index (χ4n) is 4.17. The van der Waals surface area contributed by atoms with Crippen LogP contribution in [0.3, 0.4) is 0 Å². The quantitative estimate of drug-likeness (QED) is 0.288. The lowest BCUT2D eigenvalue weighted by molar-refractivity contribution is 0.0734. The van der Waals surface area contributed by atoms with E-state index >= 15 is 0 Å². The number of benzene rings is 2. The highest BCUT2D eigenvalue weighted by Gasteiger charge is 2.22. The molecule has 1 aliphatic carbocycles. The zero-order valence-corrected chi connectivity index (χ0v) is 17.2. The van der Waals surface area contributed by atoms with Gasteiger partial charge in [0.15, 0.2) is 0 Å². The number of hydrogen-bond donors (Lipinski definition) is 0. The van der Waals surface area contributed by atoms with Crippen molar-refractivity contribution in [2.45, 2.75) is 64.2 Å². The first-order valence-electron chi connectivity index (χ1n) is 10.7. The van der Waals surface area contributed by atoms with E-state index in [1.807, 2.05) is 12.1 Å². The minimum Gasteiger partial charge on any atom is -0.497 e. The van der Waals surface area contributed by atoms with Crippen molar-refractivity contribution in [3.8, 4) is 11.5 Å². The second-order valence-electron chi connectivity index (χ2n) is 7.90. The van der Waals surface area contributed by atoms with Gasteiger partial charge in [-0.3, -0.25) is 0 Å². The molecule has 3 nitrogen and oxygen atoms in total. The van der Waals surface area contributed by atoms with Gasteiger partial charge in [0.25, 0.3) is 0 Å². The summed E-state index contributed by atoms with van der Waals surface area (Å²) in [6.07, 6.45) is 10.7. The van der Waals surface area contributed by atoms with Crippen molar-refractivity contribution in [2.75, 3.05) is 7.11 Å². The molecule has 0 spiro atoms. The summed E-state index contributed by atoms with van der Waals surface area (Å²) in [6.45, 7) is 2.27. The molecule has 2 aromatic rings. The molecular formula is C25H32O3. The Morgan fingerprint density at radius 3 is 2.14 bits per heavy atom. The van der Waals surface area contributed by atoms with Crippen molar-refractivity contribution in [1.29, 1.82) is 0 Å². The fraction of sp³-hybridized carbons (Fsp3) is 0.480. The second kappa shape index (κ2) is 10.3. The number of carbonyl (C=O) groups excluding carboxylic acids is 1. The van der Waals surface area contributed by atoms with E-state index < -0.39 is 0 Å². The van der Waals surface area contributed by atoms with E-state index in [1.165, 1.54) is 56.9 Å². The lowest BCUT2D eigenvalue weighted by Crippen LogP contribution is -2.13. The number of methoxy groups -OCH3 is 1. The van der Waals surface area contributed by atoms with E-state index in [0.717, 1.165) is 11.7 Å². The molecule has 0 aromatic heterocycles. The molecule has 1 fully saturated rings. The van der Waals surface area contributed by atoms with Crippen LogP contribution in [0.5, 0.6) is 11.5 Å². The van der Waals surface area contributed by atoms with Crippen LogP contribution in [-0.2, 0) is 0 Å². The van der Waals surface area contributed by atoms with E-state index in [0.29, 0.717) is 17.2 Å². The zero-order valence-electron chi connectivity index (χ0n) is 17.2. The van der Waals surface area contributed by atoms with Gasteiger partial charge in [0.2, 0.25) is 0 Å². The Morgan fingerprint density at radius 2 is 1.54 bits per heavy atom. The molecule has 28 heavy (non-hydrogen) atoms. The minimum absolute atomic E-state index is 0.344. The third kappa shape index (κ3) is 5.60. The summed E-state index contributed by atoms with van der Waals surface area (Å²) in [4.78, 5) is 12.3. The van der Waals surface area contributed by atoms with Gasteiger partial charge in [0.05, 0.1) is 12.7 Å². The van der Waals surface area contributed by atoms with Gasteiger partial charge in [-0.25, -0.2) is 4.79 Å². The molecule has 0 radical (unpaired) electrons. The molecular weight excluding hydrogens is 348 g/mol. The van der Waals surface area contributed by atoms with Gasteiger partial charge in [-0.2, -0.15) is 0 Å². The average molecular weight is 381 g/mol. The number of carbonyl (C=O) groups is 1. The molecule has 3 heteroatoms. The number of esters is 1. The molecule has 1 aliphatic rings. The van der Waals surface area contributed by atoms with Gasteiger partial charge >= 0.3 is 5.97 Å². The number of ether oxygens (including phenoxy) is 2. The summed E-state index contributed by atoms with van der Waals surface area (Å²) >= 11 is 0. The van der Waals surface area contributed by atoms with Crippen LogP contribution in [0.15, 0.2) is 48.5 Å². The average Bonchev–Trinajstić information content (AvgIpc) is 2.75. The molecule has 0 unspecified atom stereocenters. The van der Waals surface area contributed by atoms with Crippen molar-refractivity contribution < 1.29 is 14.3 Å². The van der Waals surface area contributed by atoms with Crippen LogP contribution < -0.4 is 9.47 Å². The molecule has 3 rings (SSSR count). The minimum atomic E-state index is -0.344. The summed E-state index contributed by atoms with van der Waals surface area (Å²) < 4.78 is 10.6. The van der Waals surface area contributed by atoms with Crippen molar-refractivity contribution in [2.24, 2.45) is 5.92 Å². The Morgan fingerprint density at radius 1 is 0.893 bits per heavy atom. The Labute approximate surface area is 169 Å². The lowest BCUT2D eigenvalue weighted by atomic mass is 9.77. The monoisotopic (exact) mass is 380 g/mol. The molecule has 0 amide bonds. The maximum absolute atomic E-state index is 12.3. The van der Waals surface area contributed by atoms with Gasteiger partial charge in [0, 0.05) is 0 Å². The Bertz CT molecular complexity index is 725. The SMILES string of the molecule is CCCCCC1CCC(c2ccc(OC(=O)c3ccc(OC)cc3)cc2)CC1. The van der Waals surface area contributed by atoms with Gasteiger partial charge in [0.1, 0.15) is 11.5 Å². The van der Waals surface area contributed by atoms with Gasteiger partial charge in [-0.1, -0.05) is 44.7 Å². The molecule has 0 heterocycles. The maximum atomic E-state index is 12.3. The number of hydrogen-bond acceptors (Lipinski definition) is 3. The molecule has 2 aromatic carbocycles. The standard InChI is InChI=1S/C25H32O3/c1-3-4-5-6-19-7-9-20(10-8-19)21-11-17-24(18-12-21)28-25(26)22-13-15-23(27-2)16-14-22/h11-20H,3-10H2,1-2H3. The summed E-state index contributed by atoms with van der Waals surface area (Å²) in [5.41, 5.74) is 1.89. The molecule has 0 N–H and O–H groups in total. The lowest BCUT2D eigenvalue weighted by Gasteiger charge is -2.29. The first kappa shape index (κ1) is 20.4. The first-order chi connectivity index (χ1) is 13.7. The van der Waals surface area contributed by atoms with Crippen LogP contribution in [-0.4, -0.2) is 13.1 Å². The first-order valence-corrected chi connectivity index (χ1v) is 10.7. The van der Waals surface area contributed by atoms with Crippen LogP contribution in [0.1, 0.15) is 80.1 Å². The fourth-order valence-corrected chi connectivity index (χ4v) is 4.17. The second-order valence-corrected chi connectivity index (χ2v) is 7.90. The number of unbranched alkanes of at least 4 members (excludes halogenated alkanes) is 2. The van der Waals surface area contributed by atoms with Crippen molar-refractivity contribution >= 4 is 5.97 Å². The Balaban J connectivity index is 1.50. The van der Waals surface area contributed by atoms with Crippen molar-refractivity contribution in [3.63, 3.8) is 0 Å².